The number of halogens is 1. The van der Waals surface area contributed by atoms with Crippen LogP contribution in [0, 0.1) is 11.7 Å². The Kier molecular flexibility index (Phi) is 6.87. The molecular weight excluding hydrogens is 265 g/mol. The van der Waals surface area contributed by atoms with Gasteiger partial charge in [0, 0.05) is 5.75 Å². The van der Waals surface area contributed by atoms with Gasteiger partial charge in [-0.15, -0.1) is 11.8 Å². The first-order valence-electron chi connectivity index (χ1n) is 6.25. The van der Waals surface area contributed by atoms with Crippen LogP contribution in [0.15, 0.2) is 24.3 Å². The molecule has 0 bridgehead atoms. The summed E-state index contributed by atoms with van der Waals surface area (Å²) in [4.78, 5) is 11.7. The monoisotopic (exact) mass is 285 g/mol. The number of carbonyl (C=O) groups is 1. The van der Waals surface area contributed by atoms with E-state index in [2.05, 4.69) is 5.32 Å². The predicted octanol–water partition coefficient (Wildman–Crippen LogP) is 2.19. The largest absolute Gasteiger partial charge is 0.394 e. The van der Waals surface area contributed by atoms with Crippen LogP contribution in [-0.2, 0) is 10.5 Å². The fourth-order valence-electron chi connectivity index (χ4n) is 1.51. The summed E-state index contributed by atoms with van der Waals surface area (Å²) < 4.78 is 12.7. The molecule has 5 heteroatoms. The lowest BCUT2D eigenvalue weighted by molar-refractivity contribution is -0.119. The molecule has 0 saturated carbocycles. The number of hydrogen-bond acceptors (Lipinski definition) is 3. The van der Waals surface area contributed by atoms with Gasteiger partial charge in [-0.3, -0.25) is 4.79 Å². The molecule has 1 unspecified atom stereocenters. The molecule has 0 spiro atoms. The van der Waals surface area contributed by atoms with Gasteiger partial charge in [0.1, 0.15) is 5.82 Å². The van der Waals surface area contributed by atoms with E-state index in [0.29, 0.717) is 11.5 Å². The van der Waals surface area contributed by atoms with Gasteiger partial charge in [-0.2, -0.15) is 0 Å². The average Bonchev–Trinajstić information content (AvgIpc) is 2.38. The van der Waals surface area contributed by atoms with E-state index in [1.165, 1.54) is 23.9 Å². The molecule has 106 valence electrons. The van der Waals surface area contributed by atoms with E-state index in [4.69, 9.17) is 5.11 Å². The van der Waals surface area contributed by atoms with E-state index in [0.717, 1.165) is 5.56 Å². The second kappa shape index (κ2) is 8.17. The molecule has 1 atom stereocenters. The minimum Gasteiger partial charge on any atom is -0.394 e. The van der Waals surface area contributed by atoms with E-state index in [9.17, 15) is 9.18 Å². The quantitative estimate of drug-likeness (QED) is 0.807. The van der Waals surface area contributed by atoms with Crippen molar-refractivity contribution in [3.05, 3.63) is 35.6 Å². The fraction of sp³-hybridized carbons (Fsp3) is 0.500. The average molecular weight is 285 g/mol. The summed E-state index contributed by atoms with van der Waals surface area (Å²) in [6, 6.07) is 6.06. The van der Waals surface area contributed by atoms with Gasteiger partial charge in [0.2, 0.25) is 5.91 Å². The molecular formula is C14H20FNO2S. The third kappa shape index (κ3) is 6.07. The van der Waals surface area contributed by atoms with Crippen LogP contribution in [-0.4, -0.2) is 29.4 Å². The SMILES string of the molecule is CC(C)C(CO)NC(=O)CSCc1ccc(F)cc1. The molecule has 0 aliphatic rings. The number of benzene rings is 1. The van der Waals surface area contributed by atoms with E-state index < -0.39 is 0 Å². The summed E-state index contributed by atoms with van der Waals surface area (Å²) in [5.74, 6) is 0.866. The van der Waals surface area contributed by atoms with E-state index in [1.54, 1.807) is 12.1 Å². The molecule has 1 rings (SSSR count). The Labute approximate surface area is 117 Å². The summed E-state index contributed by atoms with van der Waals surface area (Å²) in [6.07, 6.45) is 0. The van der Waals surface area contributed by atoms with Crippen molar-refractivity contribution >= 4 is 17.7 Å². The predicted molar refractivity (Wildman–Crippen MR) is 76.4 cm³/mol. The molecule has 0 aliphatic carbocycles. The molecule has 0 radical (unpaired) electrons. The van der Waals surface area contributed by atoms with Crippen molar-refractivity contribution in [2.24, 2.45) is 5.92 Å². The molecule has 1 aromatic rings. The molecule has 0 heterocycles. The minimum absolute atomic E-state index is 0.0496. The van der Waals surface area contributed by atoms with Crippen molar-refractivity contribution in [1.82, 2.24) is 5.32 Å². The summed E-state index contributed by atoms with van der Waals surface area (Å²) in [7, 11) is 0. The summed E-state index contributed by atoms with van der Waals surface area (Å²) in [6.45, 7) is 3.85. The van der Waals surface area contributed by atoms with Crippen LogP contribution in [0.1, 0.15) is 19.4 Å². The number of nitrogens with one attached hydrogen (secondary N) is 1. The van der Waals surface area contributed by atoms with Gasteiger partial charge in [0.05, 0.1) is 18.4 Å². The van der Waals surface area contributed by atoms with Crippen LogP contribution in [0.2, 0.25) is 0 Å². The summed E-state index contributed by atoms with van der Waals surface area (Å²) in [5, 5.41) is 11.9. The lowest BCUT2D eigenvalue weighted by atomic mass is 10.1. The number of aliphatic hydroxyl groups is 1. The van der Waals surface area contributed by atoms with Crippen LogP contribution in [0.3, 0.4) is 0 Å². The first kappa shape index (κ1) is 16.0. The Hall–Kier alpha value is -1.07. The van der Waals surface area contributed by atoms with E-state index in [1.807, 2.05) is 13.8 Å². The molecule has 0 fully saturated rings. The lowest BCUT2D eigenvalue weighted by Crippen LogP contribution is -2.42. The number of rotatable bonds is 7. The van der Waals surface area contributed by atoms with Gasteiger partial charge in [0.15, 0.2) is 0 Å². The number of carbonyl (C=O) groups excluding carboxylic acids is 1. The Bertz CT molecular complexity index is 395. The van der Waals surface area contributed by atoms with Gasteiger partial charge in [-0.1, -0.05) is 26.0 Å². The zero-order valence-electron chi connectivity index (χ0n) is 11.2. The van der Waals surface area contributed by atoms with Crippen molar-refractivity contribution < 1.29 is 14.3 Å². The number of aliphatic hydroxyl groups excluding tert-OH is 1. The Morgan fingerprint density at radius 2 is 2.00 bits per heavy atom. The zero-order chi connectivity index (χ0) is 14.3. The number of hydrogen-bond donors (Lipinski definition) is 2. The molecule has 3 nitrogen and oxygen atoms in total. The van der Waals surface area contributed by atoms with Crippen molar-refractivity contribution in [3.8, 4) is 0 Å². The van der Waals surface area contributed by atoms with Crippen LogP contribution in [0.5, 0.6) is 0 Å². The molecule has 0 saturated heterocycles. The maximum atomic E-state index is 12.7. The van der Waals surface area contributed by atoms with Crippen molar-refractivity contribution in [3.63, 3.8) is 0 Å². The van der Waals surface area contributed by atoms with E-state index in [-0.39, 0.29) is 30.3 Å². The summed E-state index contributed by atoms with van der Waals surface area (Å²) >= 11 is 1.47. The highest BCUT2D eigenvalue weighted by atomic mass is 32.2. The molecule has 1 amide bonds. The zero-order valence-corrected chi connectivity index (χ0v) is 12.0. The second-order valence-electron chi connectivity index (χ2n) is 4.72. The lowest BCUT2D eigenvalue weighted by Gasteiger charge is -2.19. The van der Waals surface area contributed by atoms with Crippen molar-refractivity contribution in [2.45, 2.75) is 25.6 Å². The summed E-state index contributed by atoms with van der Waals surface area (Å²) in [5.41, 5.74) is 0.988. The highest BCUT2D eigenvalue weighted by Gasteiger charge is 2.14. The van der Waals surface area contributed by atoms with Gasteiger partial charge in [-0.05, 0) is 23.6 Å². The van der Waals surface area contributed by atoms with Gasteiger partial charge < -0.3 is 10.4 Å². The molecule has 1 aromatic carbocycles. The first-order valence-corrected chi connectivity index (χ1v) is 7.40. The van der Waals surface area contributed by atoms with Crippen LogP contribution >= 0.6 is 11.8 Å². The standard InChI is InChI=1S/C14H20FNO2S/c1-10(2)13(7-17)16-14(18)9-19-8-11-3-5-12(15)6-4-11/h3-6,10,13,17H,7-9H2,1-2H3,(H,16,18). The Balaban J connectivity index is 2.29. The van der Waals surface area contributed by atoms with Gasteiger partial charge >= 0.3 is 0 Å². The highest BCUT2D eigenvalue weighted by molar-refractivity contribution is 7.99. The maximum Gasteiger partial charge on any atom is 0.230 e. The van der Waals surface area contributed by atoms with Gasteiger partial charge in [0.25, 0.3) is 0 Å². The van der Waals surface area contributed by atoms with Crippen LogP contribution in [0.25, 0.3) is 0 Å². The molecule has 0 aliphatic heterocycles. The number of thioether (sulfide) groups is 1. The smallest absolute Gasteiger partial charge is 0.230 e. The Morgan fingerprint density at radius 3 is 2.53 bits per heavy atom. The second-order valence-corrected chi connectivity index (χ2v) is 5.71. The molecule has 0 aromatic heterocycles. The van der Waals surface area contributed by atoms with Crippen LogP contribution in [0.4, 0.5) is 4.39 Å². The minimum atomic E-state index is -0.255. The van der Waals surface area contributed by atoms with E-state index >= 15 is 0 Å². The topological polar surface area (TPSA) is 49.3 Å². The van der Waals surface area contributed by atoms with Crippen molar-refractivity contribution in [2.75, 3.05) is 12.4 Å². The Morgan fingerprint density at radius 1 is 1.37 bits per heavy atom. The third-order valence-corrected chi connectivity index (χ3v) is 3.77. The highest BCUT2D eigenvalue weighted by Crippen LogP contribution is 2.12. The molecule has 2 N–H and O–H groups in total. The normalized spacial score (nSPS) is 12.5. The molecule has 19 heavy (non-hydrogen) atoms. The first-order chi connectivity index (χ1) is 9.02. The fourth-order valence-corrected chi connectivity index (χ4v) is 2.31. The third-order valence-electron chi connectivity index (χ3n) is 2.76. The maximum absolute atomic E-state index is 12.7. The van der Waals surface area contributed by atoms with Crippen molar-refractivity contribution in [1.29, 1.82) is 0 Å². The van der Waals surface area contributed by atoms with Crippen LogP contribution < -0.4 is 5.32 Å². The van der Waals surface area contributed by atoms with Gasteiger partial charge in [-0.25, -0.2) is 4.39 Å². The number of amides is 1.